The SMILES string of the molecule is CCn1c(-c2ccccc2-c2ccc(C)cc2C)nc2cc(C(=O)N(C)C3CCC(O)CC3)ccc21. The van der Waals surface area contributed by atoms with E-state index in [2.05, 4.69) is 67.8 Å². The molecule has 1 amide bonds. The largest absolute Gasteiger partial charge is 0.393 e. The molecule has 4 aromatic rings. The van der Waals surface area contributed by atoms with E-state index >= 15 is 0 Å². The van der Waals surface area contributed by atoms with Gasteiger partial charge in [-0.25, -0.2) is 4.98 Å². The van der Waals surface area contributed by atoms with Crippen molar-refractivity contribution < 1.29 is 9.90 Å². The second-order valence-corrected chi connectivity index (χ2v) is 10.1. The van der Waals surface area contributed by atoms with E-state index in [-0.39, 0.29) is 18.1 Å². The number of benzene rings is 3. The molecule has 0 spiro atoms. The molecule has 5 rings (SSSR count). The molecule has 1 aliphatic carbocycles. The van der Waals surface area contributed by atoms with Crippen molar-refractivity contribution in [3.63, 3.8) is 0 Å². The van der Waals surface area contributed by atoms with Crippen LogP contribution in [0.15, 0.2) is 60.7 Å². The number of hydrogen-bond acceptors (Lipinski definition) is 3. The highest BCUT2D eigenvalue weighted by atomic mass is 16.3. The number of carbonyl (C=O) groups excluding carboxylic acids is 1. The smallest absolute Gasteiger partial charge is 0.253 e. The lowest BCUT2D eigenvalue weighted by Gasteiger charge is -2.33. The summed E-state index contributed by atoms with van der Waals surface area (Å²) in [5.41, 5.74) is 8.48. The standard InChI is InChI=1S/C31H35N3O2/c1-5-34-29-17-11-22(31(36)33(4)23-12-14-24(35)15-13-23)19-28(29)32-30(34)27-9-7-6-8-26(27)25-16-10-20(2)18-21(25)3/h6-11,16-19,23-24,35H,5,12-15H2,1-4H3. The molecule has 0 atom stereocenters. The Balaban J connectivity index is 1.54. The maximum Gasteiger partial charge on any atom is 0.253 e. The van der Waals surface area contributed by atoms with Crippen LogP contribution in [-0.2, 0) is 6.54 Å². The first-order valence-electron chi connectivity index (χ1n) is 13.0. The van der Waals surface area contributed by atoms with Gasteiger partial charge < -0.3 is 14.6 Å². The summed E-state index contributed by atoms with van der Waals surface area (Å²) in [6.07, 6.45) is 2.96. The molecule has 1 N–H and O–H groups in total. The van der Waals surface area contributed by atoms with Crippen LogP contribution < -0.4 is 0 Å². The third-order valence-electron chi connectivity index (χ3n) is 7.69. The van der Waals surface area contributed by atoms with Gasteiger partial charge in [-0.15, -0.1) is 0 Å². The van der Waals surface area contributed by atoms with Crippen molar-refractivity contribution in [1.82, 2.24) is 14.5 Å². The van der Waals surface area contributed by atoms with Gasteiger partial charge in [0.2, 0.25) is 0 Å². The van der Waals surface area contributed by atoms with E-state index in [1.165, 1.54) is 16.7 Å². The van der Waals surface area contributed by atoms with Gasteiger partial charge in [-0.1, -0.05) is 48.0 Å². The highest BCUT2D eigenvalue weighted by Gasteiger charge is 2.27. The van der Waals surface area contributed by atoms with Crippen molar-refractivity contribution in [2.75, 3.05) is 7.05 Å². The molecule has 0 bridgehead atoms. The Bertz CT molecular complexity index is 1410. The molecule has 3 aromatic carbocycles. The number of rotatable bonds is 5. The average Bonchev–Trinajstić information content (AvgIpc) is 3.26. The number of aliphatic hydroxyl groups excluding tert-OH is 1. The third kappa shape index (κ3) is 4.44. The number of nitrogens with zero attached hydrogens (tertiary/aromatic N) is 3. The fraction of sp³-hybridized carbons (Fsp3) is 0.355. The van der Waals surface area contributed by atoms with Crippen LogP contribution in [0.1, 0.15) is 54.1 Å². The second kappa shape index (κ2) is 9.90. The van der Waals surface area contributed by atoms with Gasteiger partial charge in [0.05, 0.1) is 17.1 Å². The first-order chi connectivity index (χ1) is 17.4. The molecular formula is C31H35N3O2. The summed E-state index contributed by atoms with van der Waals surface area (Å²) in [6, 6.07) is 21.1. The van der Waals surface area contributed by atoms with E-state index in [0.717, 1.165) is 60.2 Å². The summed E-state index contributed by atoms with van der Waals surface area (Å²) in [7, 11) is 1.88. The van der Waals surface area contributed by atoms with Gasteiger partial charge in [-0.05, 0) is 81.3 Å². The maximum atomic E-state index is 13.3. The first kappa shape index (κ1) is 24.3. The van der Waals surface area contributed by atoms with Crippen LogP contribution >= 0.6 is 0 Å². The van der Waals surface area contributed by atoms with Crippen molar-refractivity contribution in [1.29, 1.82) is 0 Å². The summed E-state index contributed by atoms with van der Waals surface area (Å²) in [6.45, 7) is 7.19. The van der Waals surface area contributed by atoms with Gasteiger partial charge >= 0.3 is 0 Å². The Morgan fingerprint density at radius 2 is 1.69 bits per heavy atom. The van der Waals surface area contributed by atoms with Gasteiger partial charge in [0.1, 0.15) is 5.82 Å². The number of carbonyl (C=O) groups is 1. The minimum absolute atomic E-state index is 0.0153. The molecule has 5 heteroatoms. The van der Waals surface area contributed by atoms with Crippen LogP contribution in [0.2, 0.25) is 0 Å². The zero-order chi connectivity index (χ0) is 25.4. The summed E-state index contributed by atoms with van der Waals surface area (Å²) < 4.78 is 2.23. The molecule has 0 saturated heterocycles. The van der Waals surface area contributed by atoms with E-state index in [4.69, 9.17) is 4.98 Å². The molecule has 0 aliphatic heterocycles. The van der Waals surface area contributed by atoms with E-state index in [1.807, 2.05) is 30.1 Å². The van der Waals surface area contributed by atoms with Crippen LogP contribution in [0.3, 0.4) is 0 Å². The molecule has 0 unspecified atom stereocenters. The molecule has 1 fully saturated rings. The second-order valence-electron chi connectivity index (χ2n) is 10.1. The first-order valence-corrected chi connectivity index (χ1v) is 13.0. The lowest BCUT2D eigenvalue weighted by molar-refractivity contribution is 0.0569. The zero-order valence-corrected chi connectivity index (χ0v) is 21.7. The molecule has 1 heterocycles. The van der Waals surface area contributed by atoms with E-state index in [9.17, 15) is 9.90 Å². The van der Waals surface area contributed by atoms with Crippen LogP contribution in [0.25, 0.3) is 33.5 Å². The Kier molecular flexibility index (Phi) is 6.67. The molecule has 1 aromatic heterocycles. The molecule has 0 radical (unpaired) electrons. The number of aliphatic hydroxyl groups is 1. The zero-order valence-electron chi connectivity index (χ0n) is 21.7. The molecule has 1 aliphatic rings. The summed E-state index contributed by atoms with van der Waals surface area (Å²) in [5, 5.41) is 9.83. The van der Waals surface area contributed by atoms with E-state index in [1.54, 1.807) is 0 Å². The third-order valence-corrected chi connectivity index (χ3v) is 7.69. The van der Waals surface area contributed by atoms with Gasteiger partial charge in [0, 0.05) is 30.8 Å². The van der Waals surface area contributed by atoms with E-state index in [0.29, 0.717) is 5.56 Å². The quantitative estimate of drug-likeness (QED) is 0.360. The molecule has 1 saturated carbocycles. The Hall–Kier alpha value is -3.44. The van der Waals surface area contributed by atoms with Crippen molar-refractivity contribution in [2.45, 2.75) is 65.1 Å². The lowest BCUT2D eigenvalue weighted by Crippen LogP contribution is -2.40. The fourth-order valence-corrected chi connectivity index (χ4v) is 5.63. The van der Waals surface area contributed by atoms with Crippen molar-refractivity contribution in [2.24, 2.45) is 0 Å². The normalized spacial score (nSPS) is 17.9. The number of aromatic nitrogens is 2. The monoisotopic (exact) mass is 481 g/mol. The highest BCUT2D eigenvalue weighted by Crippen LogP contribution is 2.35. The van der Waals surface area contributed by atoms with Crippen molar-refractivity contribution in [3.8, 4) is 22.5 Å². The Labute approximate surface area is 213 Å². The predicted molar refractivity (Wildman–Crippen MR) is 146 cm³/mol. The molecule has 186 valence electrons. The number of imidazole rings is 1. The summed E-state index contributed by atoms with van der Waals surface area (Å²) >= 11 is 0. The van der Waals surface area contributed by atoms with Crippen LogP contribution in [-0.4, -0.2) is 44.7 Å². The Morgan fingerprint density at radius 1 is 0.972 bits per heavy atom. The number of aryl methyl sites for hydroxylation is 3. The number of fused-ring (bicyclic) bond motifs is 1. The van der Waals surface area contributed by atoms with Gasteiger partial charge in [0.25, 0.3) is 5.91 Å². The topological polar surface area (TPSA) is 58.4 Å². The molecule has 36 heavy (non-hydrogen) atoms. The lowest BCUT2D eigenvalue weighted by atomic mass is 9.92. The van der Waals surface area contributed by atoms with Gasteiger partial charge in [0.15, 0.2) is 0 Å². The predicted octanol–water partition coefficient (Wildman–Crippen LogP) is 6.38. The van der Waals surface area contributed by atoms with Crippen molar-refractivity contribution >= 4 is 16.9 Å². The van der Waals surface area contributed by atoms with Crippen LogP contribution in [0.5, 0.6) is 0 Å². The molecule has 5 nitrogen and oxygen atoms in total. The van der Waals surface area contributed by atoms with Gasteiger partial charge in [-0.3, -0.25) is 4.79 Å². The number of amides is 1. The highest BCUT2D eigenvalue weighted by molar-refractivity contribution is 5.98. The minimum atomic E-state index is -0.232. The minimum Gasteiger partial charge on any atom is -0.393 e. The average molecular weight is 482 g/mol. The van der Waals surface area contributed by atoms with Crippen LogP contribution in [0.4, 0.5) is 0 Å². The van der Waals surface area contributed by atoms with Gasteiger partial charge in [-0.2, -0.15) is 0 Å². The Morgan fingerprint density at radius 3 is 2.39 bits per heavy atom. The van der Waals surface area contributed by atoms with Crippen LogP contribution in [0, 0.1) is 13.8 Å². The summed E-state index contributed by atoms with van der Waals surface area (Å²) in [4.78, 5) is 20.3. The molecular weight excluding hydrogens is 446 g/mol. The number of hydrogen-bond donors (Lipinski definition) is 1. The summed E-state index contributed by atoms with van der Waals surface area (Å²) in [5.74, 6) is 0.934. The fourth-order valence-electron chi connectivity index (χ4n) is 5.63. The van der Waals surface area contributed by atoms with E-state index < -0.39 is 0 Å². The maximum absolute atomic E-state index is 13.3. The van der Waals surface area contributed by atoms with Crippen molar-refractivity contribution in [3.05, 3.63) is 77.4 Å².